The van der Waals surface area contributed by atoms with Crippen molar-refractivity contribution in [3.63, 3.8) is 0 Å². The Labute approximate surface area is 98.5 Å². The van der Waals surface area contributed by atoms with E-state index in [0.29, 0.717) is 6.04 Å². The van der Waals surface area contributed by atoms with E-state index in [-0.39, 0.29) is 18.1 Å². The molecule has 0 bridgehead atoms. The second-order valence-corrected chi connectivity index (χ2v) is 4.06. The van der Waals surface area contributed by atoms with Gasteiger partial charge in [-0.05, 0) is 13.0 Å². The monoisotopic (exact) mass is 240 g/mol. The lowest BCUT2D eigenvalue weighted by Gasteiger charge is -2.31. The molecule has 6 heteroatoms. The lowest BCUT2D eigenvalue weighted by atomic mass is 10.2. The van der Waals surface area contributed by atoms with Crippen molar-refractivity contribution in [2.45, 2.75) is 19.5 Å². The molecule has 0 aromatic carbocycles. The Hall–Kier alpha value is -1.49. The SMILES string of the molecule is CC1Cn2ccc3[nH]c(=O)nc(c32)N1C.Cl. The summed E-state index contributed by atoms with van der Waals surface area (Å²) in [6, 6.07) is 2.29. The molecule has 1 unspecified atom stereocenters. The largest absolute Gasteiger partial charge is 0.353 e. The zero-order valence-corrected chi connectivity index (χ0v) is 9.91. The first kappa shape index (κ1) is 11.0. The van der Waals surface area contributed by atoms with Gasteiger partial charge in [0.15, 0.2) is 5.82 Å². The number of aromatic nitrogens is 3. The van der Waals surface area contributed by atoms with E-state index in [2.05, 4.69) is 26.4 Å². The number of nitrogens with one attached hydrogen (secondary N) is 1. The van der Waals surface area contributed by atoms with Crippen molar-refractivity contribution in [2.24, 2.45) is 0 Å². The molecular formula is C10H13ClN4O. The number of halogens is 1. The van der Waals surface area contributed by atoms with Crippen molar-refractivity contribution in [3.8, 4) is 0 Å². The molecule has 3 rings (SSSR count). The summed E-state index contributed by atoms with van der Waals surface area (Å²) in [5.41, 5.74) is 1.61. The lowest BCUT2D eigenvalue weighted by Crippen LogP contribution is -2.38. The van der Waals surface area contributed by atoms with Gasteiger partial charge in [0, 0.05) is 25.8 Å². The van der Waals surface area contributed by atoms with Crippen LogP contribution < -0.4 is 10.6 Å². The average molecular weight is 241 g/mol. The Morgan fingerprint density at radius 1 is 1.56 bits per heavy atom. The summed E-state index contributed by atoms with van der Waals surface area (Å²) in [7, 11) is 1.97. The molecule has 0 fully saturated rings. The fraction of sp³-hybridized carbons (Fsp3) is 0.400. The molecule has 1 atom stereocenters. The maximum Gasteiger partial charge on any atom is 0.347 e. The van der Waals surface area contributed by atoms with Crippen LogP contribution in [0, 0.1) is 0 Å². The molecule has 1 aliphatic rings. The van der Waals surface area contributed by atoms with Crippen LogP contribution in [0.1, 0.15) is 6.92 Å². The third-order valence-corrected chi connectivity index (χ3v) is 3.08. The van der Waals surface area contributed by atoms with Gasteiger partial charge in [-0.25, -0.2) is 4.79 Å². The van der Waals surface area contributed by atoms with Crippen molar-refractivity contribution in [3.05, 3.63) is 22.7 Å². The van der Waals surface area contributed by atoms with E-state index < -0.39 is 0 Å². The molecule has 3 heterocycles. The molecule has 0 radical (unpaired) electrons. The summed E-state index contributed by atoms with van der Waals surface area (Å²) in [4.78, 5) is 20.2. The van der Waals surface area contributed by atoms with Crippen LogP contribution in [0.2, 0.25) is 0 Å². The molecule has 1 N–H and O–H groups in total. The fourth-order valence-corrected chi connectivity index (χ4v) is 2.13. The van der Waals surface area contributed by atoms with E-state index in [1.54, 1.807) is 0 Å². The number of aromatic amines is 1. The molecular weight excluding hydrogens is 228 g/mol. The normalized spacial score (nSPS) is 18.6. The Bertz CT molecular complexity index is 588. The Kier molecular flexibility index (Phi) is 2.42. The van der Waals surface area contributed by atoms with Crippen LogP contribution in [0.4, 0.5) is 5.82 Å². The van der Waals surface area contributed by atoms with E-state index in [0.717, 1.165) is 23.4 Å². The summed E-state index contributed by atoms with van der Waals surface area (Å²) in [6.07, 6.45) is 2.00. The maximum absolute atomic E-state index is 11.3. The minimum Gasteiger partial charge on any atom is -0.353 e. The second kappa shape index (κ2) is 3.52. The highest BCUT2D eigenvalue weighted by molar-refractivity contribution is 5.87. The highest BCUT2D eigenvalue weighted by atomic mass is 35.5. The van der Waals surface area contributed by atoms with Gasteiger partial charge < -0.3 is 14.5 Å². The predicted octanol–water partition coefficient (Wildman–Crippen LogP) is 0.985. The highest BCUT2D eigenvalue weighted by Gasteiger charge is 2.23. The van der Waals surface area contributed by atoms with E-state index >= 15 is 0 Å². The van der Waals surface area contributed by atoms with Gasteiger partial charge in [-0.3, -0.25) is 0 Å². The summed E-state index contributed by atoms with van der Waals surface area (Å²) in [5.74, 6) is 0.775. The van der Waals surface area contributed by atoms with Gasteiger partial charge in [0.1, 0.15) is 5.52 Å². The number of nitrogens with zero attached hydrogens (tertiary/aromatic N) is 3. The van der Waals surface area contributed by atoms with E-state index in [4.69, 9.17) is 0 Å². The second-order valence-electron chi connectivity index (χ2n) is 4.06. The van der Waals surface area contributed by atoms with Gasteiger partial charge >= 0.3 is 5.69 Å². The number of anilines is 1. The molecule has 2 aromatic rings. The Morgan fingerprint density at radius 2 is 2.31 bits per heavy atom. The minimum atomic E-state index is -0.281. The quantitative estimate of drug-likeness (QED) is 0.747. The molecule has 0 aliphatic carbocycles. The first-order valence-corrected chi connectivity index (χ1v) is 4.99. The van der Waals surface area contributed by atoms with Gasteiger partial charge in [0.25, 0.3) is 0 Å². The first-order valence-electron chi connectivity index (χ1n) is 4.99. The molecule has 0 saturated carbocycles. The van der Waals surface area contributed by atoms with Crippen LogP contribution in [-0.2, 0) is 6.54 Å². The smallest absolute Gasteiger partial charge is 0.347 e. The van der Waals surface area contributed by atoms with Crippen LogP contribution in [0.25, 0.3) is 11.0 Å². The zero-order valence-electron chi connectivity index (χ0n) is 9.10. The Balaban J connectivity index is 0.000000963. The molecule has 86 valence electrons. The summed E-state index contributed by atoms with van der Waals surface area (Å²) in [5, 5.41) is 0. The van der Waals surface area contributed by atoms with Gasteiger partial charge in [-0.15, -0.1) is 12.4 Å². The van der Waals surface area contributed by atoms with Gasteiger partial charge in [0.2, 0.25) is 0 Å². The standard InChI is InChI=1S/C10H12N4O.ClH/c1-6-5-14-4-3-7-8(14)9(13(6)2)12-10(15)11-7;/h3-4,6H,5H2,1-2H3,(H,11,12,15);1H. The molecule has 0 saturated heterocycles. The van der Waals surface area contributed by atoms with E-state index in [9.17, 15) is 4.79 Å². The lowest BCUT2D eigenvalue weighted by molar-refractivity contribution is 0.553. The Morgan fingerprint density at radius 3 is 3.06 bits per heavy atom. The number of likely N-dealkylation sites (N-methyl/N-ethyl adjacent to an activating group) is 1. The predicted molar refractivity (Wildman–Crippen MR) is 65.5 cm³/mol. The summed E-state index contributed by atoms with van der Waals surface area (Å²) < 4.78 is 2.14. The zero-order chi connectivity index (χ0) is 10.6. The molecule has 16 heavy (non-hydrogen) atoms. The van der Waals surface area contributed by atoms with Crippen LogP contribution >= 0.6 is 12.4 Å². The van der Waals surface area contributed by atoms with Crippen LogP contribution in [0.15, 0.2) is 17.1 Å². The van der Waals surface area contributed by atoms with Gasteiger partial charge in [0.05, 0.1) is 5.52 Å². The number of hydrogen-bond donors (Lipinski definition) is 1. The third kappa shape index (κ3) is 1.31. The highest BCUT2D eigenvalue weighted by Crippen LogP contribution is 2.28. The molecule has 2 aromatic heterocycles. The minimum absolute atomic E-state index is 0. The van der Waals surface area contributed by atoms with E-state index in [1.165, 1.54) is 0 Å². The summed E-state index contributed by atoms with van der Waals surface area (Å²) in [6.45, 7) is 3.05. The molecule has 0 amide bonds. The van der Waals surface area contributed by atoms with Crippen molar-refractivity contribution in [2.75, 3.05) is 11.9 Å². The summed E-state index contributed by atoms with van der Waals surface area (Å²) >= 11 is 0. The van der Waals surface area contributed by atoms with Crippen molar-refractivity contribution in [1.29, 1.82) is 0 Å². The average Bonchev–Trinajstić information content (AvgIpc) is 2.57. The van der Waals surface area contributed by atoms with E-state index in [1.807, 2.05) is 19.3 Å². The molecule has 0 spiro atoms. The maximum atomic E-state index is 11.3. The van der Waals surface area contributed by atoms with Crippen molar-refractivity contribution in [1.82, 2.24) is 14.5 Å². The molecule has 1 aliphatic heterocycles. The van der Waals surface area contributed by atoms with Crippen molar-refractivity contribution >= 4 is 29.3 Å². The van der Waals surface area contributed by atoms with Crippen LogP contribution in [0.5, 0.6) is 0 Å². The van der Waals surface area contributed by atoms with Crippen LogP contribution in [0.3, 0.4) is 0 Å². The van der Waals surface area contributed by atoms with Gasteiger partial charge in [-0.2, -0.15) is 4.98 Å². The third-order valence-electron chi connectivity index (χ3n) is 3.08. The fourth-order valence-electron chi connectivity index (χ4n) is 2.13. The number of H-pyrrole nitrogens is 1. The van der Waals surface area contributed by atoms with Gasteiger partial charge in [-0.1, -0.05) is 0 Å². The topological polar surface area (TPSA) is 53.9 Å². The number of hydrogen-bond acceptors (Lipinski definition) is 3. The van der Waals surface area contributed by atoms with Crippen molar-refractivity contribution < 1.29 is 0 Å². The molecule has 5 nitrogen and oxygen atoms in total. The number of rotatable bonds is 0. The first-order chi connectivity index (χ1) is 7.16. The van der Waals surface area contributed by atoms with Crippen LogP contribution in [-0.4, -0.2) is 27.6 Å².